The van der Waals surface area contributed by atoms with Crippen molar-refractivity contribution < 1.29 is 21.7 Å². The van der Waals surface area contributed by atoms with Crippen molar-refractivity contribution in [2.45, 2.75) is 26.3 Å². The van der Waals surface area contributed by atoms with Gasteiger partial charge in [0.05, 0.1) is 6.61 Å². The van der Waals surface area contributed by atoms with Gasteiger partial charge in [-0.3, -0.25) is 0 Å². The third-order valence-corrected chi connectivity index (χ3v) is 2.49. The zero-order valence-electron chi connectivity index (χ0n) is 12.4. The molecule has 1 aliphatic rings. The van der Waals surface area contributed by atoms with Crippen LogP contribution in [0.4, 0.5) is 4.79 Å². The molecule has 5 nitrogen and oxygen atoms in total. The molecule has 0 saturated heterocycles. The molecule has 5 heteroatoms. The summed E-state index contributed by atoms with van der Waals surface area (Å²) < 4.78 is 29.6. The maximum Gasteiger partial charge on any atom is 0.407 e. The summed E-state index contributed by atoms with van der Waals surface area (Å²) in [7, 11) is 0. The van der Waals surface area contributed by atoms with Crippen molar-refractivity contribution in [1.82, 2.24) is 5.32 Å². The van der Waals surface area contributed by atoms with E-state index in [4.69, 9.17) is 17.0 Å². The summed E-state index contributed by atoms with van der Waals surface area (Å²) >= 11 is 0. The van der Waals surface area contributed by atoms with E-state index in [1.54, 1.807) is 19.1 Å². The second-order valence-electron chi connectivity index (χ2n) is 4.04. The molecule has 98 valence electrons. The van der Waals surface area contributed by atoms with Crippen LogP contribution in [0, 0.1) is 0 Å². The quantitative estimate of drug-likeness (QED) is 0.892. The molecule has 1 atom stereocenters. The molecule has 0 fully saturated rings. The van der Waals surface area contributed by atoms with Crippen LogP contribution in [-0.4, -0.2) is 25.5 Å². The first kappa shape index (κ1) is 10.1. The van der Waals surface area contributed by atoms with E-state index in [0.717, 1.165) is 5.56 Å². The molecule has 1 aromatic carbocycles. The molecular weight excluding hydrogens is 234 g/mol. The van der Waals surface area contributed by atoms with Crippen LogP contribution in [0.3, 0.4) is 0 Å². The molecule has 0 aromatic heterocycles. The van der Waals surface area contributed by atoms with Gasteiger partial charge in [-0.05, 0) is 38.0 Å². The highest BCUT2D eigenvalue weighted by Gasteiger charge is 2.15. The second kappa shape index (κ2) is 5.62. The summed E-state index contributed by atoms with van der Waals surface area (Å²) in [5.74, 6) is 0.751. The topological polar surface area (TPSA) is 56.8 Å². The monoisotopic (exact) mass is 253 g/mol. The van der Waals surface area contributed by atoms with E-state index in [0.29, 0.717) is 24.5 Å². The van der Waals surface area contributed by atoms with Crippen LogP contribution in [0.1, 0.15) is 22.2 Å². The van der Waals surface area contributed by atoms with Gasteiger partial charge in [0.1, 0.15) is 2.74 Å². The number of carbonyl (C=O) groups is 1. The van der Waals surface area contributed by atoms with E-state index in [-0.39, 0.29) is 6.04 Å². The van der Waals surface area contributed by atoms with Crippen LogP contribution in [0.2, 0.25) is 0 Å². The first-order chi connectivity index (χ1) is 9.39. The Labute approximate surface area is 109 Å². The fourth-order valence-electron chi connectivity index (χ4n) is 1.73. The van der Waals surface area contributed by atoms with Crippen LogP contribution in [-0.2, 0) is 11.2 Å². The molecule has 1 N–H and O–H groups in total. The molecule has 18 heavy (non-hydrogen) atoms. The minimum Gasteiger partial charge on any atom is -0.454 e. The van der Waals surface area contributed by atoms with Crippen molar-refractivity contribution in [3.8, 4) is 11.5 Å². The zero-order chi connectivity index (χ0) is 14.8. The predicted molar refractivity (Wildman–Crippen MR) is 65.9 cm³/mol. The smallest absolute Gasteiger partial charge is 0.407 e. The van der Waals surface area contributed by atoms with Gasteiger partial charge >= 0.3 is 6.09 Å². The van der Waals surface area contributed by atoms with E-state index in [9.17, 15) is 4.79 Å². The fourth-order valence-corrected chi connectivity index (χ4v) is 1.73. The van der Waals surface area contributed by atoms with Gasteiger partial charge in [0.2, 0.25) is 6.75 Å². The molecule has 1 amide bonds. The highest BCUT2D eigenvalue weighted by molar-refractivity contribution is 5.67. The van der Waals surface area contributed by atoms with E-state index >= 15 is 0 Å². The maximum absolute atomic E-state index is 11.3. The van der Waals surface area contributed by atoms with Crippen molar-refractivity contribution in [2.75, 3.05) is 13.4 Å². The molecular formula is C13H17NO4. The highest BCUT2D eigenvalue weighted by atomic mass is 16.7. The number of rotatable bonds is 4. The van der Waals surface area contributed by atoms with Crippen molar-refractivity contribution in [1.29, 1.82) is 0 Å². The van der Waals surface area contributed by atoms with Gasteiger partial charge in [-0.1, -0.05) is 6.07 Å². The van der Waals surface area contributed by atoms with Crippen molar-refractivity contribution in [2.24, 2.45) is 0 Å². The molecule has 0 aliphatic carbocycles. The summed E-state index contributed by atoms with van der Waals surface area (Å²) in [6.45, 7) is 1.82. The van der Waals surface area contributed by atoms with Gasteiger partial charge in [0.25, 0.3) is 0 Å². The van der Waals surface area contributed by atoms with Gasteiger partial charge in [-0.2, -0.15) is 0 Å². The minimum atomic E-state index is -2.12. The Hall–Kier alpha value is -1.91. The van der Waals surface area contributed by atoms with Gasteiger partial charge in [-0.25, -0.2) is 4.79 Å². The van der Waals surface area contributed by atoms with Crippen molar-refractivity contribution in [3.63, 3.8) is 0 Å². The van der Waals surface area contributed by atoms with Crippen LogP contribution in [0.15, 0.2) is 18.2 Å². The van der Waals surface area contributed by atoms with E-state index in [1.807, 2.05) is 13.0 Å². The summed E-state index contributed by atoms with van der Waals surface area (Å²) in [6, 6.07) is 5.08. The lowest BCUT2D eigenvalue weighted by atomic mass is 10.1. The Morgan fingerprint density at radius 1 is 1.56 bits per heavy atom. The number of hydrogen-bond donors (Lipinski definition) is 1. The lowest BCUT2D eigenvalue weighted by Crippen LogP contribution is -2.34. The highest BCUT2D eigenvalue weighted by Crippen LogP contribution is 2.32. The first-order valence-corrected chi connectivity index (χ1v) is 5.84. The maximum atomic E-state index is 11.3. The lowest BCUT2D eigenvalue weighted by Gasteiger charge is -2.13. The molecule has 1 unspecified atom stereocenters. The fraction of sp³-hybridized carbons (Fsp3) is 0.462. The zero-order valence-corrected chi connectivity index (χ0v) is 10.4. The van der Waals surface area contributed by atoms with Crippen LogP contribution in [0.25, 0.3) is 0 Å². The third kappa shape index (κ3) is 3.06. The van der Waals surface area contributed by atoms with Gasteiger partial charge < -0.3 is 19.5 Å². The number of fused-ring (bicyclic) bond motifs is 1. The molecule has 0 radical (unpaired) electrons. The van der Waals surface area contributed by atoms with Crippen LogP contribution in [0.5, 0.6) is 11.5 Å². The second-order valence-corrected chi connectivity index (χ2v) is 4.04. The minimum absolute atomic E-state index is 0.105. The molecule has 1 heterocycles. The van der Waals surface area contributed by atoms with Crippen molar-refractivity contribution in [3.05, 3.63) is 23.8 Å². The number of hydrogen-bond acceptors (Lipinski definition) is 4. The number of ether oxygens (including phenoxy) is 3. The van der Waals surface area contributed by atoms with Crippen LogP contribution < -0.4 is 14.8 Å². The molecule has 0 saturated carbocycles. The van der Waals surface area contributed by atoms with E-state index in [2.05, 4.69) is 5.32 Å². The number of carbonyl (C=O) groups excluding carboxylic acids is 1. The van der Waals surface area contributed by atoms with E-state index < -0.39 is 12.8 Å². The number of alkyl carbamates (subject to hydrolysis) is 1. The summed E-state index contributed by atoms with van der Waals surface area (Å²) in [5, 5.41) is 2.71. The normalized spacial score (nSPS) is 18.6. The number of amides is 1. The molecule has 0 spiro atoms. The molecule has 1 aromatic rings. The standard InChI is InChI=1S/C13H17NO4/c1-3-16-13(15)14-9(2)6-10-4-5-11-12(7-10)18-8-17-11/h4-5,7,9H,3,6,8H2,1-2H3,(H,14,15)/i8D2. The Morgan fingerprint density at radius 2 is 2.33 bits per heavy atom. The largest absolute Gasteiger partial charge is 0.454 e. The predicted octanol–water partition coefficient (Wildman–Crippen LogP) is 2.09. The first-order valence-electron chi connectivity index (χ1n) is 6.84. The Balaban J connectivity index is 1.96. The molecule has 1 aliphatic heterocycles. The third-order valence-electron chi connectivity index (χ3n) is 2.49. The Bertz CT molecular complexity index is 507. The van der Waals surface area contributed by atoms with Crippen LogP contribution >= 0.6 is 0 Å². The summed E-state index contributed by atoms with van der Waals surface area (Å²) in [4.78, 5) is 11.3. The van der Waals surface area contributed by atoms with Gasteiger partial charge in [0, 0.05) is 6.04 Å². The Morgan fingerprint density at radius 3 is 3.11 bits per heavy atom. The molecule has 0 bridgehead atoms. The SMILES string of the molecule is [2H]C1([2H])Oc2ccc(CC(C)NC(=O)OCC)cc2O1. The van der Waals surface area contributed by atoms with Gasteiger partial charge in [0.15, 0.2) is 11.5 Å². The van der Waals surface area contributed by atoms with Crippen molar-refractivity contribution >= 4 is 6.09 Å². The average molecular weight is 253 g/mol. The van der Waals surface area contributed by atoms with Gasteiger partial charge in [-0.15, -0.1) is 0 Å². The number of benzene rings is 1. The number of nitrogens with one attached hydrogen (secondary N) is 1. The lowest BCUT2D eigenvalue weighted by molar-refractivity contribution is 0.149. The average Bonchev–Trinajstić information content (AvgIpc) is 2.62. The van der Waals surface area contributed by atoms with E-state index in [1.165, 1.54) is 0 Å². The molecule has 2 rings (SSSR count). The summed E-state index contributed by atoms with van der Waals surface area (Å²) in [6.07, 6.45) is 0.135. The summed E-state index contributed by atoms with van der Waals surface area (Å²) in [5.41, 5.74) is 0.911. The Kier molecular flexibility index (Phi) is 3.14.